The van der Waals surface area contributed by atoms with E-state index in [1.807, 2.05) is 0 Å². The zero-order valence-corrected chi connectivity index (χ0v) is 19.6. The smallest absolute Gasteiger partial charge is 0.417 e. The highest BCUT2D eigenvalue weighted by Gasteiger charge is 2.37. The number of fused-ring (bicyclic) bond motifs is 1. The number of pyridine rings is 1. The minimum absolute atomic E-state index is 0.115. The van der Waals surface area contributed by atoms with Gasteiger partial charge in [0.15, 0.2) is 0 Å². The van der Waals surface area contributed by atoms with Crippen molar-refractivity contribution in [2.75, 3.05) is 14.2 Å². The van der Waals surface area contributed by atoms with Crippen molar-refractivity contribution in [2.24, 2.45) is 0 Å². The molecule has 2 aromatic carbocycles. The van der Waals surface area contributed by atoms with Crippen molar-refractivity contribution in [3.05, 3.63) is 81.8 Å². The molecule has 2 heterocycles. The summed E-state index contributed by atoms with van der Waals surface area (Å²) in [5, 5.41) is 3.55. The van der Waals surface area contributed by atoms with Gasteiger partial charge in [0, 0.05) is 11.8 Å². The van der Waals surface area contributed by atoms with Gasteiger partial charge in [-0.3, -0.25) is 9.78 Å². The Labute approximate surface area is 210 Å². The lowest BCUT2D eigenvalue weighted by atomic mass is 10.1. The number of benzene rings is 2. The molecule has 0 aliphatic carbocycles. The fourth-order valence-corrected chi connectivity index (χ4v) is 3.85. The summed E-state index contributed by atoms with van der Waals surface area (Å²) in [7, 11) is 2.21. The highest BCUT2D eigenvalue weighted by molar-refractivity contribution is 6.34. The molecule has 0 aliphatic rings. The highest BCUT2D eigenvalue weighted by Crippen LogP contribution is 2.37. The molecule has 0 unspecified atom stereocenters. The third-order valence-electron chi connectivity index (χ3n) is 5.31. The van der Waals surface area contributed by atoms with Crippen molar-refractivity contribution in [3.8, 4) is 11.3 Å². The van der Waals surface area contributed by atoms with E-state index in [1.165, 1.54) is 12.1 Å². The number of rotatable bonds is 4. The number of hydrogen-bond acceptors (Lipinski definition) is 7. The predicted molar refractivity (Wildman–Crippen MR) is 122 cm³/mol. The van der Waals surface area contributed by atoms with Crippen LogP contribution >= 0.6 is 11.6 Å². The molecule has 2 aromatic heterocycles. The van der Waals surface area contributed by atoms with Gasteiger partial charge >= 0.3 is 18.1 Å². The third kappa shape index (κ3) is 4.62. The average molecular weight is 536 g/mol. The zero-order chi connectivity index (χ0) is 27.1. The summed E-state index contributed by atoms with van der Waals surface area (Å²) in [6.07, 6.45) is -3.86. The van der Waals surface area contributed by atoms with E-state index in [0.29, 0.717) is 10.7 Å². The van der Waals surface area contributed by atoms with Crippen molar-refractivity contribution in [2.45, 2.75) is 6.18 Å². The molecule has 0 radical (unpaired) electrons. The standard InChI is InChI=1S/C24H14ClF4N3O5/c1-36-22(34)11-6-7-13(16(26)8-11)19-20-17(9-12(10-30-20)23(35)37-2)32(31-19)21(33)18-14(24(27,28)29)4-3-5-15(18)25/h3-10H,1-2H3. The van der Waals surface area contributed by atoms with Crippen LogP contribution in [0.25, 0.3) is 22.3 Å². The number of nitrogens with zero attached hydrogens (tertiary/aromatic N) is 3. The first kappa shape index (κ1) is 25.8. The van der Waals surface area contributed by atoms with Crippen LogP contribution in [-0.2, 0) is 15.7 Å². The first-order chi connectivity index (χ1) is 17.5. The number of aromatic nitrogens is 3. The second-order valence-corrected chi connectivity index (χ2v) is 7.90. The summed E-state index contributed by atoms with van der Waals surface area (Å²) >= 11 is 5.99. The topological polar surface area (TPSA) is 100 Å². The monoisotopic (exact) mass is 535 g/mol. The van der Waals surface area contributed by atoms with Crippen LogP contribution < -0.4 is 0 Å². The van der Waals surface area contributed by atoms with Gasteiger partial charge in [0.1, 0.15) is 17.0 Å². The van der Waals surface area contributed by atoms with Gasteiger partial charge in [-0.25, -0.2) is 14.0 Å². The number of halogens is 5. The Hall–Kier alpha value is -4.32. The maximum Gasteiger partial charge on any atom is 0.417 e. The van der Waals surface area contributed by atoms with Crippen LogP contribution in [0.2, 0.25) is 5.02 Å². The van der Waals surface area contributed by atoms with E-state index in [1.54, 1.807) is 0 Å². The number of methoxy groups -OCH3 is 2. The molecule has 37 heavy (non-hydrogen) atoms. The first-order valence-corrected chi connectivity index (χ1v) is 10.6. The summed E-state index contributed by atoms with van der Waals surface area (Å²) in [5.74, 6) is -3.91. The summed E-state index contributed by atoms with van der Waals surface area (Å²) < 4.78 is 65.8. The molecule has 0 N–H and O–H groups in total. The molecule has 8 nitrogen and oxygen atoms in total. The zero-order valence-electron chi connectivity index (χ0n) is 18.9. The molecule has 190 valence electrons. The van der Waals surface area contributed by atoms with Crippen molar-refractivity contribution in [3.63, 3.8) is 0 Å². The second-order valence-electron chi connectivity index (χ2n) is 7.50. The van der Waals surface area contributed by atoms with Crippen LogP contribution in [0.3, 0.4) is 0 Å². The van der Waals surface area contributed by atoms with Gasteiger partial charge < -0.3 is 9.47 Å². The average Bonchev–Trinajstić information content (AvgIpc) is 3.25. The molecule has 0 amide bonds. The SMILES string of the molecule is COC(=O)c1ccc(-c2nn(C(=O)c3c(Cl)cccc3C(F)(F)F)c3cc(C(=O)OC)cnc23)c(F)c1. The second kappa shape index (κ2) is 9.62. The number of esters is 2. The predicted octanol–water partition coefficient (Wildman–Crippen LogP) is 5.17. The van der Waals surface area contributed by atoms with Gasteiger partial charge in [0.25, 0.3) is 5.91 Å². The Bertz CT molecular complexity index is 1580. The first-order valence-electron chi connectivity index (χ1n) is 10.2. The van der Waals surface area contributed by atoms with Gasteiger partial charge in [-0.1, -0.05) is 17.7 Å². The maximum atomic E-state index is 15.0. The number of carbonyl (C=O) groups is 3. The quantitative estimate of drug-likeness (QED) is 0.262. The summed E-state index contributed by atoms with van der Waals surface area (Å²) in [6.45, 7) is 0. The van der Waals surface area contributed by atoms with Crippen molar-refractivity contribution in [1.82, 2.24) is 14.8 Å². The molecular formula is C24H14ClF4N3O5. The van der Waals surface area contributed by atoms with Gasteiger partial charge in [-0.2, -0.15) is 23.0 Å². The minimum Gasteiger partial charge on any atom is -0.465 e. The van der Waals surface area contributed by atoms with Crippen molar-refractivity contribution < 1.29 is 41.4 Å². The fraction of sp³-hybridized carbons (Fsp3) is 0.125. The van der Waals surface area contributed by atoms with Gasteiger partial charge in [0.2, 0.25) is 0 Å². The van der Waals surface area contributed by atoms with E-state index in [9.17, 15) is 27.6 Å². The third-order valence-corrected chi connectivity index (χ3v) is 5.63. The molecule has 0 saturated carbocycles. The lowest BCUT2D eigenvalue weighted by molar-refractivity contribution is -0.137. The fourth-order valence-electron chi connectivity index (χ4n) is 3.60. The van der Waals surface area contributed by atoms with Crippen molar-refractivity contribution >= 4 is 40.5 Å². The number of ether oxygens (including phenoxy) is 2. The van der Waals surface area contributed by atoms with Crippen LogP contribution in [-0.4, -0.2) is 46.8 Å². The maximum absolute atomic E-state index is 15.0. The van der Waals surface area contributed by atoms with Crippen LogP contribution in [0, 0.1) is 5.82 Å². The molecule has 4 aromatic rings. The lowest BCUT2D eigenvalue weighted by Crippen LogP contribution is -2.20. The molecule has 0 saturated heterocycles. The Balaban J connectivity index is 2.00. The Morgan fingerprint density at radius 2 is 1.65 bits per heavy atom. The Morgan fingerprint density at radius 3 is 2.27 bits per heavy atom. The summed E-state index contributed by atoms with van der Waals surface area (Å²) in [6, 6.07) is 7.19. The van der Waals surface area contributed by atoms with E-state index in [2.05, 4.69) is 19.6 Å². The van der Waals surface area contributed by atoms with Crippen LogP contribution in [0.4, 0.5) is 17.6 Å². The molecule has 0 atom stereocenters. The van der Waals surface area contributed by atoms with Crippen LogP contribution in [0.5, 0.6) is 0 Å². The van der Waals surface area contributed by atoms with E-state index in [4.69, 9.17) is 11.6 Å². The molecule has 0 bridgehead atoms. The van der Waals surface area contributed by atoms with Gasteiger partial charge in [-0.05, 0) is 36.4 Å². The van der Waals surface area contributed by atoms with Crippen molar-refractivity contribution in [1.29, 1.82) is 0 Å². The summed E-state index contributed by atoms with van der Waals surface area (Å²) in [4.78, 5) is 41.3. The van der Waals surface area contributed by atoms with E-state index in [-0.39, 0.29) is 33.4 Å². The summed E-state index contributed by atoms with van der Waals surface area (Å²) in [5.41, 5.74) is -3.29. The molecular weight excluding hydrogens is 522 g/mol. The van der Waals surface area contributed by atoms with E-state index in [0.717, 1.165) is 44.7 Å². The van der Waals surface area contributed by atoms with Gasteiger partial charge in [0.05, 0.1) is 47.0 Å². The van der Waals surface area contributed by atoms with Crippen LogP contribution in [0.1, 0.15) is 36.6 Å². The Morgan fingerprint density at radius 1 is 0.973 bits per heavy atom. The lowest BCUT2D eigenvalue weighted by Gasteiger charge is -2.13. The molecule has 4 rings (SSSR count). The highest BCUT2D eigenvalue weighted by atomic mass is 35.5. The van der Waals surface area contributed by atoms with E-state index >= 15 is 4.39 Å². The van der Waals surface area contributed by atoms with Gasteiger partial charge in [-0.15, -0.1) is 0 Å². The molecule has 0 fully saturated rings. The number of alkyl halides is 3. The number of hydrogen-bond donors (Lipinski definition) is 0. The number of carbonyl (C=O) groups excluding carboxylic acids is 3. The van der Waals surface area contributed by atoms with Crippen LogP contribution in [0.15, 0.2) is 48.7 Å². The van der Waals surface area contributed by atoms with E-state index < -0.39 is 46.0 Å². The normalized spacial score (nSPS) is 11.4. The molecule has 13 heteroatoms. The molecule has 0 aliphatic heterocycles. The minimum atomic E-state index is -4.94. The molecule has 0 spiro atoms. The largest absolute Gasteiger partial charge is 0.465 e. The Kier molecular flexibility index (Phi) is 6.70.